The third kappa shape index (κ3) is 4.30. The molecule has 0 spiro atoms. The SMILES string of the molecule is Cc1cccnc1C(CO)COc1ccc(Cc2sc(=O)[nH]c2O)cc1. The number of thiazole rings is 1. The number of aliphatic hydroxyl groups excluding tert-OH is 1. The molecule has 6 nitrogen and oxygen atoms in total. The highest BCUT2D eigenvalue weighted by Gasteiger charge is 2.15. The highest BCUT2D eigenvalue weighted by atomic mass is 32.1. The lowest BCUT2D eigenvalue weighted by atomic mass is 10.0. The number of H-pyrrole nitrogens is 1. The van der Waals surface area contributed by atoms with Gasteiger partial charge in [-0.05, 0) is 36.2 Å². The van der Waals surface area contributed by atoms with Gasteiger partial charge in [-0.1, -0.05) is 29.5 Å². The number of nitrogens with zero attached hydrogens (tertiary/aromatic N) is 1. The fourth-order valence-corrected chi connectivity index (χ4v) is 3.46. The van der Waals surface area contributed by atoms with Gasteiger partial charge in [0.2, 0.25) is 5.88 Å². The highest BCUT2D eigenvalue weighted by Crippen LogP contribution is 2.23. The van der Waals surface area contributed by atoms with Crippen molar-refractivity contribution in [2.45, 2.75) is 19.3 Å². The number of rotatable bonds is 7. The van der Waals surface area contributed by atoms with Crippen molar-refractivity contribution in [1.82, 2.24) is 9.97 Å². The van der Waals surface area contributed by atoms with Crippen molar-refractivity contribution >= 4 is 11.3 Å². The summed E-state index contributed by atoms with van der Waals surface area (Å²) in [6.45, 7) is 2.25. The molecule has 1 atom stereocenters. The Labute approximate surface area is 154 Å². The molecule has 1 unspecified atom stereocenters. The van der Waals surface area contributed by atoms with Gasteiger partial charge in [0.1, 0.15) is 5.75 Å². The molecule has 3 rings (SSSR count). The Morgan fingerprint density at radius 1 is 1.27 bits per heavy atom. The summed E-state index contributed by atoms with van der Waals surface area (Å²) in [7, 11) is 0. The summed E-state index contributed by atoms with van der Waals surface area (Å²) in [6.07, 6.45) is 2.19. The highest BCUT2D eigenvalue weighted by molar-refractivity contribution is 7.09. The molecule has 1 aromatic carbocycles. The van der Waals surface area contributed by atoms with Crippen molar-refractivity contribution in [3.63, 3.8) is 0 Å². The maximum atomic E-state index is 11.2. The second-order valence-electron chi connectivity index (χ2n) is 6.00. The van der Waals surface area contributed by atoms with E-state index in [1.165, 1.54) is 0 Å². The van der Waals surface area contributed by atoms with E-state index in [4.69, 9.17) is 4.74 Å². The average molecular weight is 372 g/mol. The van der Waals surface area contributed by atoms with Crippen LogP contribution < -0.4 is 9.61 Å². The first-order valence-corrected chi connectivity index (χ1v) is 9.03. The fourth-order valence-electron chi connectivity index (χ4n) is 2.70. The third-order valence-electron chi connectivity index (χ3n) is 4.10. The lowest BCUT2D eigenvalue weighted by Gasteiger charge is -2.16. The van der Waals surface area contributed by atoms with Crippen molar-refractivity contribution < 1.29 is 14.9 Å². The van der Waals surface area contributed by atoms with Crippen LogP contribution >= 0.6 is 11.3 Å². The zero-order chi connectivity index (χ0) is 18.5. The van der Waals surface area contributed by atoms with Gasteiger partial charge in [0.15, 0.2) is 0 Å². The van der Waals surface area contributed by atoms with E-state index in [-0.39, 0.29) is 23.3 Å². The van der Waals surface area contributed by atoms with Crippen molar-refractivity contribution in [2.75, 3.05) is 13.2 Å². The molecule has 0 aliphatic heterocycles. The first-order chi connectivity index (χ1) is 12.6. The van der Waals surface area contributed by atoms with Gasteiger partial charge in [-0.25, -0.2) is 0 Å². The van der Waals surface area contributed by atoms with E-state index in [1.54, 1.807) is 6.20 Å². The predicted molar refractivity (Wildman–Crippen MR) is 100 cm³/mol. The first kappa shape index (κ1) is 18.2. The molecule has 0 aliphatic rings. The van der Waals surface area contributed by atoms with E-state index < -0.39 is 0 Å². The molecule has 136 valence electrons. The van der Waals surface area contributed by atoms with Gasteiger partial charge in [0, 0.05) is 12.6 Å². The molecule has 7 heteroatoms. The van der Waals surface area contributed by atoms with E-state index in [9.17, 15) is 15.0 Å². The molecule has 0 amide bonds. The van der Waals surface area contributed by atoms with Crippen LogP contribution in [-0.2, 0) is 6.42 Å². The molecule has 0 saturated heterocycles. The molecular weight excluding hydrogens is 352 g/mol. The number of aromatic amines is 1. The van der Waals surface area contributed by atoms with Gasteiger partial charge in [0.25, 0.3) is 0 Å². The zero-order valence-electron chi connectivity index (χ0n) is 14.3. The summed E-state index contributed by atoms with van der Waals surface area (Å²) in [4.78, 5) is 18.3. The number of pyridine rings is 1. The number of ether oxygens (including phenoxy) is 1. The second-order valence-corrected chi connectivity index (χ2v) is 7.07. The van der Waals surface area contributed by atoms with Crippen LogP contribution in [0.25, 0.3) is 0 Å². The second kappa shape index (κ2) is 8.16. The number of nitrogens with one attached hydrogen (secondary N) is 1. The molecule has 0 radical (unpaired) electrons. The minimum atomic E-state index is -0.266. The van der Waals surface area contributed by atoms with Crippen LogP contribution in [0.3, 0.4) is 0 Å². The molecular formula is C19H20N2O4S. The number of hydrogen-bond donors (Lipinski definition) is 3. The van der Waals surface area contributed by atoms with E-state index in [2.05, 4.69) is 9.97 Å². The molecule has 3 aromatic rings. The average Bonchev–Trinajstić information content (AvgIpc) is 2.95. The van der Waals surface area contributed by atoms with Crippen molar-refractivity contribution in [2.24, 2.45) is 0 Å². The van der Waals surface area contributed by atoms with Gasteiger partial charge < -0.3 is 14.9 Å². The monoisotopic (exact) mass is 372 g/mol. The Morgan fingerprint density at radius 2 is 2.04 bits per heavy atom. The van der Waals surface area contributed by atoms with Gasteiger partial charge in [-0.15, -0.1) is 0 Å². The number of benzene rings is 1. The van der Waals surface area contributed by atoms with E-state index in [0.29, 0.717) is 23.7 Å². The van der Waals surface area contributed by atoms with Crippen LogP contribution in [0.1, 0.15) is 27.6 Å². The lowest BCUT2D eigenvalue weighted by Crippen LogP contribution is -2.16. The Balaban J connectivity index is 1.63. The quantitative estimate of drug-likeness (QED) is 0.592. The summed E-state index contributed by atoms with van der Waals surface area (Å²) in [5.74, 6) is 0.425. The Kier molecular flexibility index (Phi) is 5.70. The first-order valence-electron chi connectivity index (χ1n) is 8.22. The van der Waals surface area contributed by atoms with Crippen LogP contribution in [0.2, 0.25) is 0 Å². The Hall–Kier alpha value is -2.64. The van der Waals surface area contributed by atoms with E-state index >= 15 is 0 Å². The molecule has 0 saturated carbocycles. The van der Waals surface area contributed by atoms with Crippen LogP contribution in [0.4, 0.5) is 0 Å². The number of hydrogen-bond acceptors (Lipinski definition) is 6. The molecule has 0 bridgehead atoms. The normalized spacial score (nSPS) is 12.1. The smallest absolute Gasteiger partial charge is 0.307 e. The topological polar surface area (TPSA) is 95.4 Å². The van der Waals surface area contributed by atoms with Crippen LogP contribution in [-0.4, -0.2) is 33.4 Å². The van der Waals surface area contributed by atoms with Gasteiger partial charge in [0.05, 0.1) is 29.7 Å². The van der Waals surface area contributed by atoms with Crippen LogP contribution in [0.15, 0.2) is 47.4 Å². The number of aromatic nitrogens is 2. The largest absolute Gasteiger partial charge is 0.494 e. The van der Waals surface area contributed by atoms with Gasteiger partial charge in [-0.3, -0.25) is 14.8 Å². The zero-order valence-corrected chi connectivity index (χ0v) is 15.1. The third-order valence-corrected chi connectivity index (χ3v) is 4.97. The molecule has 3 N–H and O–H groups in total. The molecule has 2 heterocycles. The van der Waals surface area contributed by atoms with Crippen LogP contribution in [0, 0.1) is 6.92 Å². The summed E-state index contributed by atoms with van der Waals surface area (Å²) in [5.41, 5.74) is 2.82. The maximum Gasteiger partial charge on any atom is 0.307 e. The van der Waals surface area contributed by atoms with E-state index in [1.807, 2.05) is 43.3 Å². The fraction of sp³-hybridized carbons (Fsp3) is 0.263. The standard InChI is InChI=1S/C19H20N2O4S/c1-12-3-2-8-20-17(12)14(10-22)11-25-15-6-4-13(5-7-15)9-16-18(23)21-19(24)26-16/h2-8,14,22-23H,9-11H2,1H3,(H,21,24). The van der Waals surface area contributed by atoms with Gasteiger partial charge >= 0.3 is 4.87 Å². The molecule has 0 aliphatic carbocycles. The summed E-state index contributed by atoms with van der Waals surface area (Å²) in [6, 6.07) is 11.3. The maximum absolute atomic E-state index is 11.2. The number of aliphatic hydroxyl groups is 1. The summed E-state index contributed by atoms with van der Waals surface area (Å²) < 4.78 is 5.80. The molecule has 26 heavy (non-hydrogen) atoms. The number of aromatic hydroxyl groups is 1. The van der Waals surface area contributed by atoms with Crippen molar-refractivity contribution in [3.05, 3.63) is 74.0 Å². The minimum absolute atomic E-state index is 0.0401. The van der Waals surface area contributed by atoms with Crippen LogP contribution in [0.5, 0.6) is 11.6 Å². The van der Waals surface area contributed by atoms with E-state index in [0.717, 1.165) is 28.2 Å². The Morgan fingerprint density at radius 3 is 2.65 bits per heavy atom. The lowest BCUT2D eigenvalue weighted by molar-refractivity contribution is 0.202. The minimum Gasteiger partial charge on any atom is -0.494 e. The van der Waals surface area contributed by atoms with Crippen molar-refractivity contribution in [3.8, 4) is 11.6 Å². The predicted octanol–water partition coefficient (Wildman–Crippen LogP) is 2.59. The Bertz CT molecular complexity index is 918. The summed E-state index contributed by atoms with van der Waals surface area (Å²) >= 11 is 1.00. The molecule has 0 fully saturated rings. The molecule has 2 aromatic heterocycles. The summed E-state index contributed by atoms with van der Waals surface area (Å²) in [5, 5.41) is 19.3. The number of aryl methyl sites for hydroxylation is 1. The van der Waals surface area contributed by atoms with Crippen molar-refractivity contribution in [1.29, 1.82) is 0 Å². The van der Waals surface area contributed by atoms with Gasteiger partial charge in [-0.2, -0.15) is 0 Å².